The van der Waals surface area contributed by atoms with E-state index >= 15 is 0 Å². The van der Waals surface area contributed by atoms with Crippen molar-refractivity contribution in [2.75, 3.05) is 6.54 Å². The SMILES string of the molecule is CCCCNC(=O)c1c(C)coc1CC(=O)O. The Morgan fingerprint density at radius 2 is 2.18 bits per heavy atom. The van der Waals surface area contributed by atoms with E-state index in [1.165, 1.54) is 6.26 Å². The van der Waals surface area contributed by atoms with E-state index in [1.807, 2.05) is 6.92 Å². The quantitative estimate of drug-likeness (QED) is 0.741. The van der Waals surface area contributed by atoms with Crippen molar-refractivity contribution in [3.05, 3.63) is 23.2 Å². The van der Waals surface area contributed by atoms with Crippen LogP contribution in [0.4, 0.5) is 0 Å². The second kappa shape index (κ2) is 6.08. The Morgan fingerprint density at radius 3 is 2.76 bits per heavy atom. The smallest absolute Gasteiger partial charge is 0.311 e. The fourth-order valence-corrected chi connectivity index (χ4v) is 1.54. The molecular weight excluding hydrogens is 222 g/mol. The minimum atomic E-state index is -1.01. The second-order valence-corrected chi connectivity index (χ2v) is 3.90. The van der Waals surface area contributed by atoms with Gasteiger partial charge in [0.1, 0.15) is 12.2 Å². The summed E-state index contributed by atoms with van der Waals surface area (Å²) in [5, 5.41) is 11.5. The van der Waals surface area contributed by atoms with Crippen LogP contribution in [0.15, 0.2) is 10.7 Å². The third kappa shape index (κ3) is 3.62. The monoisotopic (exact) mass is 239 g/mol. The lowest BCUT2D eigenvalue weighted by Gasteiger charge is -2.04. The van der Waals surface area contributed by atoms with Crippen LogP contribution in [0.5, 0.6) is 0 Å². The predicted molar refractivity (Wildman–Crippen MR) is 62.0 cm³/mol. The molecule has 94 valence electrons. The molecule has 5 heteroatoms. The molecule has 0 fully saturated rings. The van der Waals surface area contributed by atoms with Crippen molar-refractivity contribution in [3.8, 4) is 0 Å². The number of carboxylic acids is 1. The van der Waals surface area contributed by atoms with Crippen LogP contribution in [-0.4, -0.2) is 23.5 Å². The molecule has 5 nitrogen and oxygen atoms in total. The molecule has 1 heterocycles. The molecule has 0 aliphatic carbocycles. The number of unbranched alkanes of at least 4 members (excludes halogenated alkanes) is 1. The lowest BCUT2D eigenvalue weighted by atomic mass is 10.1. The van der Waals surface area contributed by atoms with Crippen molar-refractivity contribution >= 4 is 11.9 Å². The zero-order valence-electron chi connectivity index (χ0n) is 10.1. The number of carboxylic acid groups (broad SMARTS) is 1. The van der Waals surface area contributed by atoms with Gasteiger partial charge in [-0.05, 0) is 13.3 Å². The first-order valence-corrected chi connectivity index (χ1v) is 5.63. The highest BCUT2D eigenvalue weighted by Gasteiger charge is 2.19. The predicted octanol–water partition coefficient (Wildman–Crippen LogP) is 1.75. The van der Waals surface area contributed by atoms with Crippen molar-refractivity contribution in [1.29, 1.82) is 0 Å². The Hall–Kier alpha value is -1.78. The number of aliphatic carboxylic acids is 1. The lowest BCUT2D eigenvalue weighted by Crippen LogP contribution is -2.25. The van der Waals surface area contributed by atoms with Crippen molar-refractivity contribution in [3.63, 3.8) is 0 Å². The molecular formula is C12H17NO4. The summed E-state index contributed by atoms with van der Waals surface area (Å²) in [6.45, 7) is 4.35. The maximum absolute atomic E-state index is 11.8. The van der Waals surface area contributed by atoms with E-state index in [-0.39, 0.29) is 18.1 Å². The molecule has 1 aromatic heterocycles. The summed E-state index contributed by atoms with van der Waals surface area (Å²) in [6, 6.07) is 0. The number of furan rings is 1. The van der Waals surface area contributed by atoms with Crippen LogP contribution < -0.4 is 5.32 Å². The van der Waals surface area contributed by atoms with Gasteiger partial charge in [-0.1, -0.05) is 13.3 Å². The van der Waals surface area contributed by atoms with Gasteiger partial charge in [-0.2, -0.15) is 0 Å². The molecule has 0 aromatic carbocycles. The van der Waals surface area contributed by atoms with Gasteiger partial charge in [-0.15, -0.1) is 0 Å². The van der Waals surface area contributed by atoms with Crippen LogP contribution in [0.1, 0.15) is 41.4 Å². The standard InChI is InChI=1S/C12H17NO4/c1-3-4-5-13-12(16)11-8(2)7-17-9(11)6-10(14)15/h7H,3-6H2,1-2H3,(H,13,16)(H,14,15). The molecule has 0 saturated carbocycles. The van der Waals surface area contributed by atoms with E-state index in [4.69, 9.17) is 9.52 Å². The largest absolute Gasteiger partial charge is 0.481 e. The second-order valence-electron chi connectivity index (χ2n) is 3.90. The number of aryl methyl sites for hydroxylation is 1. The number of carbonyl (C=O) groups is 2. The molecule has 17 heavy (non-hydrogen) atoms. The fraction of sp³-hybridized carbons (Fsp3) is 0.500. The fourth-order valence-electron chi connectivity index (χ4n) is 1.54. The molecule has 0 spiro atoms. The first-order valence-electron chi connectivity index (χ1n) is 5.63. The number of hydrogen-bond acceptors (Lipinski definition) is 3. The maximum Gasteiger partial charge on any atom is 0.311 e. The number of nitrogens with one attached hydrogen (secondary N) is 1. The third-order valence-corrected chi connectivity index (χ3v) is 2.41. The van der Waals surface area contributed by atoms with Crippen LogP contribution in [0.3, 0.4) is 0 Å². The highest BCUT2D eigenvalue weighted by molar-refractivity contribution is 5.97. The van der Waals surface area contributed by atoms with Gasteiger partial charge in [-0.25, -0.2) is 0 Å². The Morgan fingerprint density at radius 1 is 1.47 bits per heavy atom. The summed E-state index contributed by atoms with van der Waals surface area (Å²) in [4.78, 5) is 22.5. The van der Waals surface area contributed by atoms with E-state index in [9.17, 15) is 9.59 Å². The average molecular weight is 239 g/mol. The minimum absolute atomic E-state index is 0.212. The molecule has 1 aromatic rings. The topological polar surface area (TPSA) is 79.5 Å². The Bertz CT molecular complexity index is 409. The van der Waals surface area contributed by atoms with Crippen LogP contribution in [0.25, 0.3) is 0 Å². The summed E-state index contributed by atoms with van der Waals surface area (Å²) >= 11 is 0. The Kier molecular flexibility index (Phi) is 4.75. The lowest BCUT2D eigenvalue weighted by molar-refractivity contribution is -0.136. The van der Waals surface area contributed by atoms with Gasteiger partial charge in [0.15, 0.2) is 0 Å². The van der Waals surface area contributed by atoms with Crippen molar-refractivity contribution in [2.24, 2.45) is 0 Å². The third-order valence-electron chi connectivity index (χ3n) is 2.41. The molecule has 1 amide bonds. The average Bonchev–Trinajstić information content (AvgIpc) is 2.59. The zero-order chi connectivity index (χ0) is 12.8. The zero-order valence-corrected chi connectivity index (χ0v) is 10.1. The van der Waals surface area contributed by atoms with E-state index < -0.39 is 5.97 Å². The van der Waals surface area contributed by atoms with Gasteiger partial charge in [0.2, 0.25) is 0 Å². The summed E-state index contributed by atoms with van der Waals surface area (Å²) in [5.41, 5.74) is 1.01. The first kappa shape index (κ1) is 13.3. The van der Waals surface area contributed by atoms with Gasteiger partial charge in [0.25, 0.3) is 5.91 Å². The van der Waals surface area contributed by atoms with Crippen LogP contribution in [0.2, 0.25) is 0 Å². The van der Waals surface area contributed by atoms with Crippen LogP contribution in [0, 0.1) is 6.92 Å². The molecule has 0 unspecified atom stereocenters. The van der Waals surface area contributed by atoms with Gasteiger partial charge in [-0.3, -0.25) is 9.59 Å². The highest BCUT2D eigenvalue weighted by Crippen LogP contribution is 2.17. The summed E-state index contributed by atoms with van der Waals surface area (Å²) < 4.78 is 5.09. The van der Waals surface area contributed by atoms with E-state index in [2.05, 4.69) is 5.32 Å². The van der Waals surface area contributed by atoms with E-state index in [0.29, 0.717) is 17.7 Å². The van der Waals surface area contributed by atoms with Crippen LogP contribution in [-0.2, 0) is 11.2 Å². The summed E-state index contributed by atoms with van der Waals surface area (Å²) in [6.07, 6.45) is 3.03. The first-order chi connectivity index (χ1) is 8.06. The molecule has 0 aliphatic heterocycles. The Labute approximate surface area is 99.8 Å². The number of carbonyl (C=O) groups excluding carboxylic acids is 1. The normalized spacial score (nSPS) is 10.2. The van der Waals surface area contributed by atoms with Gasteiger partial charge < -0.3 is 14.8 Å². The molecule has 0 bridgehead atoms. The van der Waals surface area contributed by atoms with Crippen molar-refractivity contribution < 1.29 is 19.1 Å². The maximum atomic E-state index is 11.8. The molecule has 0 radical (unpaired) electrons. The number of amides is 1. The van der Waals surface area contributed by atoms with Crippen molar-refractivity contribution in [1.82, 2.24) is 5.32 Å². The molecule has 2 N–H and O–H groups in total. The minimum Gasteiger partial charge on any atom is -0.481 e. The van der Waals surface area contributed by atoms with Crippen LogP contribution >= 0.6 is 0 Å². The molecule has 1 rings (SSSR count). The van der Waals surface area contributed by atoms with Crippen molar-refractivity contribution in [2.45, 2.75) is 33.1 Å². The van der Waals surface area contributed by atoms with Gasteiger partial charge in [0.05, 0.1) is 11.8 Å². The van der Waals surface area contributed by atoms with Gasteiger partial charge in [0, 0.05) is 12.1 Å². The highest BCUT2D eigenvalue weighted by atomic mass is 16.4. The Balaban J connectivity index is 2.77. The molecule has 0 saturated heterocycles. The summed E-state index contributed by atoms with van der Waals surface area (Å²) in [5.74, 6) is -1.06. The number of rotatable bonds is 6. The number of hydrogen-bond donors (Lipinski definition) is 2. The van der Waals surface area contributed by atoms with Gasteiger partial charge >= 0.3 is 5.97 Å². The molecule has 0 atom stereocenters. The van der Waals surface area contributed by atoms with E-state index in [1.54, 1.807) is 6.92 Å². The summed E-state index contributed by atoms with van der Waals surface area (Å²) in [7, 11) is 0. The molecule has 0 aliphatic rings. The van der Waals surface area contributed by atoms with E-state index in [0.717, 1.165) is 12.8 Å².